The maximum Gasteiger partial charge on any atom is 0.407 e. The van der Waals surface area contributed by atoms with Crippen LogP contribution in [0.15, 0.2) is 60.8 Å². The van der Waals surface area contributed by atoms with E-state index in [4.69, 9.17) is 26.0 Å². The molecule has 0 bridgehead atoms. The third-order valence-electron chi connectivity index (χ3n) is 11.5. The Hall–Kier alpha value is -8.83. The van der Waals surface area contributed by atoms with E-state index in [9.17, 15) is 28.8 Å². The summed E-state index contributed by atoms with van der Waals surface area (Å²) in [5, 5.41) is 23.2. The lowest BCUT2D eigenvalue weighted by molar-refractivity contribution is 0.0989. The highest BCUT2D eigenvalue weighted by molar-refractivity contribution is 6.05. The van der Waals surface area contributed by atoms with Gasteiger partial charge in [-0.3, -0.25) is 39.2 Å². The number of pyridine rings is 1. The average molecular weight is 987 g/mol. The molecule has 0 saturated heterocycles. The number of rotatable bonds is 23. The van der Waals surface area contributed by atoms with Crippen LogP contribution in [0, 0.1) is 6.92 Å². The molecule has 7 aromatic rings. The first-order valence-corrected chi connectivity index (χ1v) is 23.5. The first-order valence-electron chi connectivity index (χ1n) is 23.5. The van der Waals surface area contributed by atoms with Crippen LogP contribution in [0.3, 0.4) is 0 Å². The molecule has 2 aromatic carbocycles. The number of carbonyl (C=O) groups excluding carboxylic acids is 6. The van der Waals surface area contributed by atoms with Gasteiger partial charge in [-0.15, -0.1) is 0 Å². The Morgan fingerprint density at radius 3 is 2.03 bits per heavy atom. The Morgan fingerprint density at radius 1 is 0.708 bits per heavy atom. The number of nitrogens with two attached hydrogens (primary N) is 2. The summed E-state index contributed by atoms with van der Waals surface area (Å²) in [4.78, 5) is 90.1. The summed E-state index contributed by atoms with van der Waals surface area (Å²) in [7, 11) is 1.46. The molecule has 5 heterocycles. The van der Waals surface area contributed by atoms with Gasteiger partial charge in [-0.05, 0) is 81.5 Å². The lowest BCUT2D eigenvalue weighted by Crippen LogP contribution is -2.36. The summed E-state index contributed by atoms with van der Waals surface area (Å²) in [6.45, 7) is 10.00. The van der Waals surface area contributed by atoms with Crippen LogP contribution in [0.25, 0.3) is 22.1 Å². The van der Waals surface area contributed by atoms with Crippen molar-refractivity contribution < 1.29 is 38.2 Å². The van der Waals surface area contributed by atoms with Crippen molar-refractivity contribution in [2.45, 2.75) is 86.2 Å². The van der Waals surface area contributed by atoms with Crippen molar-refractivity contribution in [2.24, 2.45) is 11.5 Å². The minimum absolute atomic E-state index is 0.0203. The molecule has 0 saturated carbocycles. The standard InChI is InChI=1S/C48H58N16O8/c1-6-15-51-47(69)52-16-11-19-62-40-34(22-31(41(49)65)23-39(40)71-5)56-46(62)58-44(68)37-24-32(60-64(37)8-3)21-29-13-9-10-14-30(29)27-72-48(70)53-17-12-18-61-38-26-54-35(42(50)66)25-33(38)55-45(61)57-43(67)36-20-28(4)59-63(36)7-2/h9-10,13-14,20,22-26H,6-8,11-12,15-19,21,27H2,1-5H3,(H2,49,65)(H2,50,66)(H,53,70)(H2,51,52,69)(H,55,57,67)(H,56,58,68). The number of nitrogens with one attached hydrogen (secondary N) is 5. The van der Waals surface area contributed by atoms with E-state index in [1.807, 2.05) is 45.0 Å². The summed E-state index contributed by atoms with van der Waals surface area (Å²) < 4.78 is 17.9. The number of methoxy groups -OCH3 is 1. The highest BCUT2D eigenvalue weighted by atomic mass is 16.5. The number of primary amides is 2. The molecule has 7 amide bonds. The fraction of sp³-hybridized carbons (Fsp3) is 0.354. The van der Waals surface area contributed by atoms with Gasteiger partial charge in [0.25, 0.3) is 17.7 Å². The van der Waals surface area contributed by atoms with Gasteiger partial charge in [0.15, 0.2) is 0 Å². The van der Waals surface area contributed by atoms with Crippen molar-refractivity contribution in [1.29, 1.82) is 0 Å². The molecule has 24 heteroatoms. The van der Waals surface area contributed by atoms with Crippen LogP contribution < -0.4 is 42.8 Å². The number of alkyl carbamates (subject to hydrolysis) is 1. The topological polar surface area (TPSA) is 317 Å². The van der Waals surface area contributed by atoms with Crippen LogP contribution in [-0.2, 0) is 43.9 Å². The summed E-state index contributed by atoms with van der Waals surface area (Å²) >= 11 is 0. The molecule has 0 spiro atoms. The van der Waals surface area contributed by atoms with Gasteiger partial charge in [-0.1, -0.05) is 31.2 Å². The number of hydrogen-bond donors (Lipinski definition) is 7. The van der Waals surface area contributed by atoms with Gasteiger partial charge >= 0.3 is 12.1 Å². The predicted octanol–water partition coefficient (Wildman–Crippen LogP) is 4.24. The number of amides is 7. The van der Waals surface area contributed by atoms with E-state index in [0.717, 1.165) is 17.5 Å². The number of aromatic nitrogens is 9. The van der Waals surface area contributed by atoms with Crippen molar-refractivity contribution in [3.8, 4) is 5.75 Å². The van der Waals surface area contributed by atoms with Gasteiger partial charge in [0.2, 0.25) is 17.8 Å². The van der Waals surface area contributed by atoms with E-state index >= 15 is 0 Å². The van der Waals surface area contributed by atoms with Crippen LogP contribution in [0.2, 0.25) is 0 Å². The largest absolute Gasteiger partial charge is 0.494 e. The lowest BCUT2D eigenvalue weighted by atomic mass is 10.0. The fourth-order valence-corrected chi connectivity index (χ4v) is 8.03. The zero-order chi connectivity index (χ0) is 51.5. The van der Waals surface area contributed by atoms with Crippen molar-refractivity contribution in [3.63, 3.8) is 0 Å². The van der Waals surface area contributed by atoms with Crippen LogP contribution in [-0.4, -0.2) is 106 Å². The average Bonchev–Trinajstić information content (AvgIpc) is 4.14. The summed E-state index contributed by atoms with van der Waals surface area (Å²) in [6.07, 6.45) is 2.79. The molecule has 9 N–H and O–H groups in total. The minimum Gasteiger partial charge on any atom is -0.494 e. The maximum atomic E-state index is 14.1. The highest BCUT2D eigenvalue weighted by Gasteiger charge is 2.24. The molecule has 0 aliphatic rings. The number of aryl methyl sites for hydroxylation is 5. The van der Waals surface area contributed by atoms with Gasteiger partial charge in [0, 0.05) is 57.8 Å². The van der Waals surface area contributed by atoms with Gasteiger partial charge in [0.1, 0.15) is 35.0 Å². The number of anilines is 2. The number of hydrogen-bond acceptors (Lipinski definition) is 13. The van der Waals surface area contributed by atoms with E-state index < -0.39 is 29.7 Å². The van der Waals surface area contributed by atoms with Crippen LogP contribution in [0.4, 0.5) is 21.5 Å². The number of nitrogens with zero attached hydrogens (tertiary/aromatic N) is 9. The molecule has 0 aliphatic carbocycles. The van der Waals surface area contributed by atoms with Crippen LogP contribution in [0.1, 0.15) is 104 Å². The van der Waals surface area contributed by atoms with Crippen molar-refractivity contribution in [2.75, 3.05) is 37.4 Å². The van der Waals surface area contributed by atoms with E-state index in [2.05, 4.69) is 46.6 Å². The molecular formula is C48H58N16O8. The van der Waals surface area contributed by atoms with E-state index in [-0.39, 0.29) is 48.0 Å². The molecule has 0 unspecified atom stereocenters. The number of benzene rings is 2. The van der Waals surface area contributed by atoms with Crippen LogP contribution in [0.5, 0.6) is 5.75 Å². The Balaban J connectivity index is 0.990. The van der Waals surface area contributed by atoms with E-state index in [0.29, 0.717) is 103 Å². The molecule has 378 valence electrons. The van der Waals surface area contributed by atoms with Gasteiger partial charge in [0.05, 0.1) is 41.2 Å². The number of carbonyl (C=O) groups is 6. The third-order valence-corrected chi connectivity index (χ3v) is 11.5. The Bertz CT molecular complexity index is 3150. The SMILES string of the molecule is CCCNC(=O)NCCCn1c(NC(=O)c2cc(Cc3ccccc3COC(=O)NCCCn3c(NC(=O)c4cc(C)nn4CC)nc4cc(C(N)=O)ncc43)nn2CC)nc2cc(C(N)=O)cc(OC)c21. The fourth-order valence-electron chi connectivity index (χ4n) is 8.03. The predicted molar refractivity (Wildman–Crippen MR) is 266 cm³/mol. The number of ether oxygens (including phenoxy) is 2. The van der Waals surface area contributed by atoms with E-state index in [1.54, 1.807) is 37.6 Å². The van der Waals surface area contributed by atoms with Crippen molar-refractivity contribution in [1.82, 2.24) is 59.6 Å². The first kappa shape index (κ1) is 51.0. The van der Waals surface area contributed by atoms with Crippen molar-refractivity contribution in [3.05, 3.63) is 106 Å². The summed E-state index contributed by atoms with van der Waals surface area (Å²) in [5.74, 6) is -1.58. The minimum atomic E-state index is -0.721. The van der Waals surface area contributed by atoms with Crippen molar-refractivity contribution >= 4 is 69.7 Å². The Morgan fingerprint density at radius 2 is 1.35 bits per heavy atom. The summed E-state index contributed by atoms with van der Waals surface area (Å²) in [6, 6.07) is 15.0. The molecule has 0 atom stereocenters. The maximum absolute atomic E-state index is 14.1. The first-order chi connectivity index (χ1) is 34.7. The monoisotopic (exact) mass is 986 g/mol. The number of imidazole rings is 2. The Labute approximate surface area is 413 Å². The second kappa shape index (κ2) is 23.2. The smallest absolute Gasteiger partial charge is 0.407 e. The molecule has 5 aromatic heterocycles. The molecule has 0 fully saturated rings. The van der Waals surface area contributed by atoms with Gasteiger partial charge in [-0.2, -0.15) is 10.2 Å². The normalized spacial score (nSPS) is 11.1. The van der Waals surface area contributed by atoms with Gasteiger partial charge in [-0.25, -0.2) is 24.5 Å². The molecule has 0 aliphatic heterocycles. The number of urea groups is 1. The second-order valence-corrected chi connectivity index (χ2v) is 16.6. The lowest BCUT2D eigenvalue weighted by Gasteiger charge is -2.13. The van der Waals surface area contributed by atoms with Gasteiger partial charge < -0.3 is 46.0 Å². The molecule has 24 nitrogen and oxygen atoms in total. The summed E-state index contributed by atoms with van der Waals surface area (Å²) in [5.41, 5.74) is 16.5. The zero-order valence-corrected chi connectivity index (χ0v) is 40.7. The molecule has 7 rings (SSSR count). The molecule has 0 radical (unpaired) electrons. The molecular weight excluding hydrogens is 929 g/mol. The van der Waals surface area contributed by atoms with E-state index in [1.165, 1.54) is 31.5 Å². The zero-order valence-electron chi connectivity index (χ0n) is 40.7. The third kappa shape index (κ3) is 11.9. The second-order valence-electron chi connectivity index (χ2n) is 16.6. The van der Waals surface area contributed by atoms with Crippen LogP contribution >= 0.6 is 0 Å². The number of fused-ring (bicyclic) bond motifs is 2. The molecule has 72 heavy (non-hydrogen) atoms. The quantitative estimate of drug-likeness (QED) is 0.0442. The highest BCUT2D eigenvalue weighted by Crippen LogP contribution is 2.31. The Kier molecular flexibility index (Phi) is 16.4.